The van der Waals surface area contributed by atoms with Crippen LogP contribution in [0.15, 0.2) is 29.2 Å². The van der Waals surface area contributed by atoms with Crippen molar-refractivity contribution in [2.45, 2.75) is 4.90 Å². The molecule has 1 aliphatic rings. The summed E-state index contributed by atoms with van der Waals surface area (Å²) in [4.78, 5) is 23.7. The molecule has 0 fully saturated rings. The van der Waals surface area contributed by atoms with E-state index in [1.807, 2.05) is 0 Å². The zero-order chi connectivity index (χ0) is 15.0. The first kappa shape index (κ1) is 13.2. The summed E-state index contributed by atoms with van der Waals surface area (Å²) in [5, 5.41) is 14.6. The lowest BCUT2D eigenvalue weighted by atomic mass is 10.2. The summed E-state index contributed by atoms with van der Waals surface area (Å²) in [5.41, 5.74) is 0.0462. The van der Waals surface area contributed by atoms with Crippen molar-refractivity contribution in [2.24, 2.45) is 0 Å². The van der Waals surface area contributed by atoms with Crippen LogP contribution in [-0.4, -0.2) is 51.7 Å². The number of nitrogens with one attached hydrogen (secondary N) is 2. The average Bonchev–Trinajstić information content (AvgIpc) is 3.02. The van der Waals surface area contributed by atoms with Gasteiger partial charge in [-0.25, -0.2) is 12.7 Å². The molecule has 2 amide bonds. The van der Waals surface area contributed by atoms with E-state index in [0.717, 1.165) is 0 Å². The fourth-order valence-electron chi connectivity index (χ4n) is 1.90. The molecule has 2 heterocycles. The number of carbonyl (C=O) groups is 2. The first-order valence-electron chi connectivity index (χ1n) is 5.69. The van der Waals surface area contributed by atoms with Gasteiger partial charge in [-0.3, -0.25) is 14.9 Å². The standard InChI is InChI=1S/C10H8N6O4S/c17-8(11-10-12-14-15-13-10)5-16-9(18)6-3-1-2-4-7(6)21(16,19)20/h1-4H,5H2,(H2,11,12,13,14,15,17). The van der Waals surface area contributed by atoms with E-state index in [4.69, 9.17) is 0 Å². The maximum atomic E-state index is 12.2. The summed E-state index contributed by atoms with van der Waals surface area (Å²) >= 11 is 0. The van der Waals surface area contributed by atoms with Crippen LogP contribution in [0.3, 0.4) is 0 Å². The van der Waals surface area contributed by atoms with E-state index in [0.29, 0.717) is 4.31 Å². The minimum Gasteiger partial charge on any atom is -0.290 e. The SMILES string of the molecule is O=C(CN1C(=O)c2ccccc2S1(=O)=O)Nc1nn[nH]n1. The fourth-order valence-corrected chi connectivity index (χ4v) is 3.42. The minimum absolute atomic E-state index is 0.0462. The maximum Gasteiger partial charge on any atom is 0.269 e. The van der Waals surface area contributed by atoms with E-state index in [-0.39, 0.29) is 16.4 Å². The second kappa shape index (κ2) is 4.63. The Bertz CT molecular complexity index is 816. The van der Waals surface area contributed by atoms with Gasteiger partial charge in [-0.15, -0.1) is 5.10 Å². The number of fused-ring (bicyclic) bond motifs is 1. The molecule has 1 aromatic carbocycles. The number of sulfonamides is 1. The summed E-state index contributed by atoms with van der Waals surface area (Å²) in [6, 6.07) is 5.77. The summed E-state index contributed by atoms with van der Waals surface area (Å²) in [6.07, 6.45) is 0. The molecule has 0 atom stereocenters. The Morgan fingerprint density at radius 2 is 2.10 bits per heavy atom. The highest BCUT2D eigenvalue weighted by Crippen LogP contribution is 2.29. The van der Waals surface area contributed by atoms with Crippen LogP contribution in [0.5, 0.6) is 0 Å². The monoisotopic (exact) mass is 308 g/mol. The molecule has 0 bridgehead atoms. The highest BCUT2D eigenvalue weighted by atomic mass is 32.2. The number of hydrogen-bond donors (Lipinski definition) is 2. The molecule has 21 heavy (non-hydrogen) atoms. The maximum absolute atomic E-state index is 12.2. The first-order valence-corrected chi connectivity index (χ1v) is 7.13. The topological polar surface area (TPSA) is 138 Å². The van der Waals surface area contributed by atoms with Gasteiger partial charge in [0.05, 0.1) is 5.56 Å². The number of amides is 2. The Morgan fingerprint density at radius 1 is 1.33 bits per heavy atom. The molecule has 0 spiro atoms. The van der Waals surface area contributed by atoms with E-state index in [1.54, 1.807) is 6.07 Å². The van der Waals surface area contributed by atoms with Gasteiger partial charge in [0.2, 0.25) is 5.91 Å². The quantitative estimate of drug-likeness (QED) is 0.740. The molecule has 3 rings (SSSR count). The van der Waals surface area contributed by atoms with Crippen molar-refractivity contribution in [2.75, 3.05) is 11.9 Å². The van der Waals surface area contributed by atoms with Crippen molar-refractivity contribution in [1.82, 2.24) is 24.9 Å². The molecule has 0 aliphatic carbocycles. The third kappa shape index (κ3) is 2.12. The molecule has 108 valence electrons. The molecule has 0 radical (unpaired) electrons. The lowest BCUT2D eigenvalue weighted by molar-refractivity contribution is -0.116. The Morgan fingerprint density at radius 3 is 2.76 bits per heavy atom. The number of benzene rings is 1. The minimum atomic E-state index is -4.01. The van der Waals surface area contributed by atoms with Crippen LogP contribution >= 0.6 is 0 Å². The summed E-state index contributed by atoms with van der Waals surface area (Å²) < 4.78 is 24.9. The molecule has 1 aromatic heterocycles. The zero-order valence-corrected chi connectivity index (χ0v) is 11.2. The number of aromatic nitrogens is 4. The fraction of sp³-hybridized carbons (Fsp3) is 0.100. The average molecular weight is 308 g/mol. The molecule has 1 aliphatic heterocycles. The van der Waals surface area contributed by atoms with Crippen LogP contribution in [0, 0.1) is 0 Å². The molecule has 0 unspecified atom stereocenters. The van der Waals surface area contributed by atoms with E-state index < -0.39 is 28.4 Å². The predicted molar refractivity (Wildman–Crippen MR) is 67.5 cm³/mol. The summed E-state index contributed by atoms with van der Waals surface area (Å²) in [7, 11) is -4.01. The van der Waals surface area contributed by atoms with E-state index in [9.17, 15) is 18.0 Å². The molecular formula is C10H8N6O4S. The van der Waals surface area contributed by atoms with Crippen molar-refractivity contribution in [3.8, 4) is 0 Å². The van der Waals surface area contributed by atoms with Crippen LogP contribution in [-0.2, 0) is 14.8 Å². The Kier molecular flexibility index (Phi) is 2.90. The van der Waals surface area contributed by atoms with E-state index >= 15 is 0 Å². The van der Waals surface area contributed by atoms with Crippen molar-refractivity contribution in [3.05, 3.63) is 29.8 Å². The number of nitrogens with zero attached hydrogens (tertiary/aromatic N) is 4. The molecule has 0 saturated heterocycles. The number of rotatable bonds is 3. The molecule has 0 saturated carbocycles. The summed E-state index contributed by atoms with van der Waals surface area (Å²) in [6.45, 7) is -0.662. The second-order valence-electron chi connectivity index (χ2n) is 4.10. The molecule has 11 heteroatoms. The summed E-state index contributed by atoms with van der Waals surface area (Å²) in [5.74, 6) is -1.60. The van der Waals surface area contributed by atoms with E-state index in [2.05, 4.69) is 25.9 Å². The number of anilines is 1. The number of tetrazole rings is 1. The Labute approximate surface area is 118 Å². The van der Waals surface area contributed by atoms with Gasteiger partial charge in [0.25, 0.3) is 21.9 Å². The lowest BCUT2D eigenvalue weighted by Gasteiger charge is -2.13. The smallest absolute Gasteiger partial charge is 0.269 e. The van der Waals surface area contributed by atoms with Gasteiger partial charge in [-0.1, -0.05) is 17.2 Å². The third-order valence-corrected chi connectivity index (χ3v) is 4.58. The van der Waals surface area contributed by atoms with Crippen molar-refractivity contribution >= 4 is 27.8 Å². The number of carbonyl (C=O) groups excluding carboxylic acids is 2. The highest BCUT2D eigenvalue weighted by molar-refractivity contribution is 7.90. The van der Waals surface area contributed by atoms with Crippen LogP contribution in [0.1, 0.15) is 10.4 Å². The Hall–Kier alpha value is -2.82. The van der Waals surface area contributed by atoms with Crippen LogP contribution in [0.25, 0.3) is 0 Å². The van der Waals surface area contributed by atoms with Gasteiger partial charge in [0.1, 0.15) is 11.4 Å². The van der Waals surface area contributed by atoms with Crippen molar-refractivity contribution < 1.29 is 18.0 Å². The highest BCUT2D eigenvalue weighted by Gasteiger charge is 2.41. The number of hydrogen-bond acceptors (Lipinski definition) is 7. The zero-order valence-electron chi connectivity index (χ0n) is 10.3. The normalized spacial score (nSPS) is 15.8. The van der Waals surface area contributed by atoms with Crippen LogP contribution in [0.2, 0.25) is 0 Å². The van der Waals surface area contributed by atoms with Crippen molar-refractivity contribution in [1.29, 1.82) is 0 Å². The van der Waals surface area contributed by atoms with Crippen molar-refractivity contribution in [3.63, 3.8) is 0 Å². The second-order valence-corrected chi connectivity index (χ2v) is 5.93. The number of aromatic amines is 1. The van der Waals surface area contributed by atoms with Gasteiger partial charge in [0, 0.05) is 0 Å². The molecule has 2 N–H and O–H groups in total. The third-order valence-electron chi connectivity index (χ3n) is 2.80. The van der Waals surface area contributed by atoms with Gasteiger partial charge in [-0.2, -0.15) is 5.21 Å². The predicted octanol–water partition coefficient (Wildman–Crippen LogP) is -1.02. The lowest BCUT2D eigenvalue weighted by Crippen LogP contribution is -2.37. The van der Waals surface area contributed by atoms with E-state index in [1.165, 1.54) is 18.2 Å². The first-order chi connectivity index (χ1) is 10.00. The van der Waals surface area contributed by atoms with Crippen LogP contribution in [0.4, 0.5) is 5.95 Å². The van der Waals surface area contributed by atoms with Gasteiger partial charge in [-0.05, 0) is 17.3 Å². The Balaban J connectivity index is 1.84. The van der Waals surface area contributed by atoms with Gasteiger partial charge in [0.15, 0.2) is 0 Å². The van der Waals surface area contributed by atoms with Gasteiger partial charge < -0.3 is 0 Å². The molecule has 10 nitrogen and oxygen atoms in total. The molecular weight excluding hydrogens is 300 g/mol. The molecule has 2 aromatic rings. The number of H-pyrrole nitrogens is 1. The largest absolute Gasteiger partial charge is 0.290 e. The van der Waals surface area contributed by atoms with Gasteiger partial charge >= 0.3 is 0 Å². The van der Waals surface area contributed by atoms with Crippen LogP contribution < -0.4 is 5.32 Å².